The molecule has 3 aliphatic rings. The van der Waals surface area contributed by atoms with Gasteiger partial charge in [-0.2, -0.15) is 0 Å². The van der Waals surface area contributed by atoms with Crippen molar-refractivity contribution in [1.82, 2.24) is 4.90 Å². The molecule has 3 aliphatic heterocycles. The summed E-state index contributed by atoms with van der Waals surface area (Å²) in [4.78, 5) is 15.0. The van der Waals surface area contributed by atoms with Gasteiger partial charge in [-0.3, -0.25) is 4.79 Å². The van der Waals surface area contributed by atoms with E-state index in [9.17, 15) is 4.79 Å². The van der Waals surface area contributed by atoms with Gasteiger partial charge in [0.25, 0.3) is 0 Å². The first-order valence-electron chi connectivity index (χ1n) is 7.41. The molecule has 2 atom stereocenters. The van der Waals surface area contributed by atoms with E-state index in [1.54, 1.807) is 0 Å². The maximum atomic E-state index is 12.5. The van der Waals surface area contributed by atoms with Crippen LogP contribution in [0.4, 0.5) is 0 Å². The number of carbonyl (C=O) groups is 1. The van der Waals surface area contributed by atoms with Gasteiger partial charge in [0.05, 0.1) is 12.0 Å². The van der Waals surface area contributed by atoms with Crippen molar-refractivity contribution >= 4 is 21.7 Å². The van der Waals surface area contributed by atoms with E-state index in [4.69, 9.17) is 4.74 Å². The molecule has 1 spiro atoms. The Bertz CT molecular complexity index is 574. The number of halogens is 1. The molecule has 0 amide bonds. The van der Waals surface area contributed by atoms with Crippen LogP contribution in [0.5, 0.6) is 5.75 Å². The second kappa shape index (κ2) is 4.57. The van der Waals surface area contributed by atoms with Crippen LogP contribution in [0.1, 0.15) is 42.5 Å². The number of fused-ring (bicyclic) bond motifs is 2. The van der Waals surface area contributed by atoms with E-state index in [2.05, 4.69) is 20.8 Å². The lowest BCUT2D eigenvalue weighted by molar-refractivity contribution is -0.0229. The number of ether oxygens (including phenoxy) is 1. The van der Waals surface area contributed by atoms with Crippen LogP contribution in [0.2, 0.25) is 0 Å². The van der Waals surface area contributed by atoms with Crippen molar-refractivity contribution in [3.8, 4) is 5.75 Å². The highest BCUT2D eigenvalue weighted by Crippen LogP contribution is 2.43. The molecule has 0 radical (unpaired) electrons. The van der Waals surface area contributed by atoms with Crippen LogP contribution in [0.25, 0.3) is 0 Å². The molecule has 3 nitrogen and oxygen atoms in total. The Kier molecular flexibility index (Phi) is 2.93. The van der Waals surface area contributed by atoms with Crippen LogP contribution in [-0.2, 0) is 0 Å². The molecule has 106 valence electrons. The number of carbonyl (C=O) groups excluding carboxylic acids is 1. The van der Waals surface area contributed by atoms with E-state index in [1.165, 1.54) is 19.4 Å². The minimum absolute atomic E-state index is 0.241. The summed E-state index contributed by atoms with van der Waals surface area (Å²) < 4.78 is 7.31. The third-order valence-corrected chi connectivity index (χ3v) is 5.51. The van der Waals surface area contributed by atoms with Crippen LogP contribution in [-0.4, -0.2) is 35.4 Å². The van der Waals surface area contributed by atoms with Crippen molar-refractivity contribution < 1.29 is 9.53 Å². The summed E-state index contributed by atoms with van der Waals surface area (Å²) in [6.45, 7) is 2.29. The normalized spacial score (nSPS) is 32.9. The fourth-order valence-corrected chi connectivity index (χ4v) is 4.36. The van der Waals surface area contributed by atoms with Crippen molar-refractivity contribution in [2.75, 3.05) is 13.1 Å². The molecule has 0 bridgehead atoms. The maximum Gasteiger partial charge on any atom is 0.170 e. The van der Waals surface area contributed by atoms with Crippen LogP contribution in [0, 0.1) is 0 Å². The number of hydrogen-bond donors (Lipinski definition) is 0. The van der Waals surface area contributed by atoms with Crippen LogP contribution in [0.15, 0.2) is 22.7 Å². The lowest BCUT2D eigenvalue weighted by atomic mass is 9.79. The number of nitrogens with zero attached hydrogens (tertiary/aromatic N) is 1. The minimum atomic E-state index is -0.254. The molecule has 1 aromatic rings. The van der Waals surface area contributed by atoms with Crippen molar-refractivity contribution in [3.05, 3.63) is 28.2 Å². The summed E-state index contributed by atoms with van der Waals surface area (Å²) in [7, 11) is 0. The molecule has 2 fully saturated rings. The second-order valence-electron chi connectivity index (χ2n) is 6.31. The van der Waals surface area contributed by atoms with Gasteiger partial charge in [-0.15, -0.1) is 0 Å². The zero-order valence-electron chi connectivity index (χ0n) is 11.4. The van der Waals surface area contributed by atoms with Crippen molar-refractivity contribution in [2.24, 2.45) is 0 Å². The first-order valence-corrected chi connectivity index (χ1v) is 8.20. The lowest BCUT2D eigenvalue weighted by Crippen LogP contribution is -2.53. The average molecular weight is 336 g/mol. The number of Topliss-reactive ketones (excluding diaryl/α,β-unsaturated/α-hetero) is 1. The fourth-order valence-electron chi connectivity index (χ4n) is 4.02. The van der Waals surface area contributed by atoms with Gasteiger partial charge >= 0.3 is 0 Å². The van der Waals surface area contributed by atoms with E-state index in [1.807, 2.05) is 18.2 Å². The first-order chi connectivity index (χ1) is 9.65. The second-order valence-corrected chi connectivity index (χ2v) is 7.23. The number of ketones is 1. The summed E-state index contributed by atoms with van der Waals surface area (Å²) >= 11 is 3.47. The van der Waals surface area contributed by atoms with Crippen LogP contribution in [0.3, 0.4) is 0 Å². The molecule has 1 aromatic carbocycles. The monoisotopic (exact) mass is 335 g/mol. The summed E-state index contributed by atoms with van der Waals surface area (Å²) in [5.74, 6) is 1.01. The van der Waals surface area contributed by atoms with Crippen molar-refractivity contribution in [3.63, 3.8) is 0 Å². The van der Waals surface area contributed by atoms with E-state index in [0.29, 0.717) is 12.5 Å². The number of rotatable bonds is 0. The third-order valence-electron chi connectivity index (χ3n) is 5.01. The van der Waals surface area contributed by atoms with Gasteiger partial charge in [0.2, 0.25) is 0 Å². The zero-order valence-corrected chi connectivity index (χ0v) is 13.0. The topological polar surface area (TPSA) is 29.5 Å². The Labute approximate surface area is 127 Å². The number of piperidine rings is 1. The average Bonchev–Trinajstić information content (AvgIpc) is 2.85. The van der Waals surface area contributed by atoms with Gasteiger partial charge in [0.1, 0.15) is 11.4 Å². The molecular weight excluding hydrogens is 318 g/mol. The molecule has 4 heteroatoms. The molecule has 0 saturated carbocycles. The van der Waals surface area contributed by atoms with E-state index < -0.39 is 0 Å². The SMILES string of the molecule is O=C1CC2(CCN3CCCC3C2)Oc2cc(Br)ccc21. The van der Waals surface area contributed by atoms with Crippen LogP contribution < -0.4 is 4.74 Å². The van der Waals surface area contributed by atoms with E-state index in [-0.39, 0.29) is 11.4 Å². The number of benzene rings is 1. The Hall–Kier alpha value is -0.870. The smallest absolute Gasteiger partial charge is 0.170 e. The third kappa shape index (κ3) is 2.01. The van der Waals surface area contributed by atoms with Gasteiger partial charge in [-0.25, -0.2) is 0 Å². The van der Waals surface area contributed by atoms with Gasteiger partial charge in [0, 0.05) is 29.9 Å². The van der Waals surface area contributed by atoms with Crippen LogP contribution >= 0.6 is 15.9 Å². The predicted molar refractivity (Wildman–Crippen MR) is 80.3 cm³/mol. The summed E-state index contributed by atoms with van der Waals surface area (Å²) in [5.41, 5.74) is 0.490. The molecule has 2 saturated heterocycles. The Morgan fingerprint density at radius 2 is 2.25 bits per heavy atom. The lowest BCUT2D eigenvalue weighted by Gasteiger charge is -2.46. The molecule has 20 heavy (non-hydrogen) atoms. The molecule has 0 N–H and O–H groups in total. The summed E-state index contributed by atoms with van der Waals surface area (Å²) in [5, 5.41) is 0. The van der Waals surface area contributed by atoms with Gasteiger partial charge in [0.15, 0.2) is 5.78 Å². The molecule has 0 aromatic heterocycles. The highest BCUT2D eigenvalue weighted by molar-refractivity contribution is 9.10. The van der Waals surface area contributed by atoms with Gasteiger partial charge in [-0.1, -0.05) is 15.9 Å². The fraction of sp³-hybridized carbons (Fsp3) is 0.562. The molecule has 3 heterocycles. The van der Waals surface area contributed by atoms with E-state index >= 15 is 0 Å². The predicted octanol–water partition coefficient (Wildman–Crippen LogP) is 3.41. The number of hydrogen-bond acceptors (Lipinski definition) is 3. The zero-order chi connectivity index (χ0) is 13.7. The quantitative estimate of drug-likeness (QED) is 0.727. The van der Waals surface area contributed by atoms with Crippen molar-refractivity contribution in [2.45, 2.75) is 43.7 Å². The standard InChI is InChI=1S/C16H18BrNO2/c17-11-3-4-13-14(19)10-16(20-15(13)8-11)5-7-18-6-1-2-12(18)9-16/h3-4,8,12H,1-2,5-7,9-10H2. The van der Waals surface area contributed by atoms with E-state index in [0.717, 1.165) is 35.2 Å². The Balaban J connectivity index is 1.66. The molecule has 4 rings (SSSR count). The summed E-state index contributed by atoms with van der Waals surface area (Å²) in [6.07, 6.45) is 5.07. The highest BCUT2D eigenvalue weighted by Gasteiger charge is 2.47. The van der Waals surface area contributed by atoms with Crippen molar-refractivity contribution in [1.29, 1.82) is 0 Å². The molecular formula is C16H18BrNO2. The van der Waals surface area contributed by atoms with Gasteiger partial charge < -0.3 is 9.64 Å². The Morgan fingerprint density at radius 3 is 3.15 bits per heavy atom. The minimum Gasteiger partial charge on any atom is -0.486 e. The Morgan fingerprint density at radius 1 is 1.35 bits per heavy atom. The largest absolute Gasteiger partial charge is 0.486 e. The molecule has 0 aliphatic carbocycles. The molecule has 2 unspecified atom stereocenters. The first kappa shape index (κ1) is 12.8. The maximum absolute atomic E-state index is 12.5. The highest BCUT2D eigenvalue weighted by atomic mass is 79.9. The van der Waals surface area contributed by atoms with Gasteiger partial charge in [-0.05, 0) is 37.6 Å². The summed E-state index contributed by atoms with van der Waals surface area (Å²) in [6, 6.07) is 6.34.